The fraction of sp³-hybridized carbons (Fsp3) is 0.263. The molecule has 9 heteroatoms. The molecular formula is C19H18N2O7. The summed E-state index contributed by atoms with van der Waals surface area (Å²) >= 11 is 0. The second-order valence-electron chi connectivity index (χ2n) is 6.25. The number of hydrogen-bond donors (Lipinski definition) is 1. The van der Waals surface area contributed by atoms with Crippen LogP contribution in [0.15, 0.2) is 52.1 Å². The molecule has 2 heterocycles. The predicted molar refractivity (Wildman–Crippen MR) is 96.9 cm³/mol. The van der Waals surface area contributed by atoms with Crippen molar-refractivity contribution in [1.82, 2.24) is 4.90 Å². The molecule has 1 aliphatic rings. The molecule has 1 aromatic heterocycles. The Morgan fingerprint density at radius 3 is 2.71 bits per heavy atom. The summed E-state index contributed by atoms with van der Waals surface area (Å²) in [5.41, 5.74) is -0.0473. The minimum Gasteiger partial charge on any atom is -0.503 e. The molecule has 0 aliphatic carbocycles. The third kappa shape index (κ3) is 3.39. The minimum atomic E-state index is -1.000. The zero-order valence-corrected chi connectivity index (χ0v) is 15.2. The van der Waals surface area contributed by atoms with E-state index in [9.17, 15) is 24.8 Å². The summed E-state index contributed by atoms with van der Waals surface area (Å²) in [6, 6.07) is 7.64. The molecule has 3 rings (SSSR count). The Balaban J connectivity index is 2.11. The number of aliphatic hydroxyl groups is 1. The Morgan fingerprint density at radius 2 is 2.11 bits per heavy atom. The largest absolute Gasteiger partial charge is 0.503 e. The van der Waals surface area contributed by atoms with Gasteiger partial charge in [0.2, 0.25) is 5.78 Å². The number of hydrogen-bond acceptors (Lipinski definition) is 7. The van der Waals surface area contributed by atoms with Gasteiger partial charge >= 0.3 is 0 Å². The highest BCUT2D eigenvalue weighted by molar-refractivity contribution is 6.15. The van der Waals surface area contributed by atoms with Crippen molar-refractivity contribution in [3.8, 4) is 0 Å². The highest BCUT2D eigenvalue weighted by Gasteiger charge is 2.44. The summed E-state index contributed by atoms with van der Waals surface area (Å²) in [6.07, 6.45) is 0. The van der Waals surface area contributed by atoms with Gasteiger partial charge in [-0.2, -0.15) is 0 Å². The molecule has 0 spiro atoms. The molecule has 1 aromatic carbocycles. The van der Waals surface area contributed by atoms with E-state index in [-0.39, 0.29) is 30.2 Å². The molecule has 2 aromatic rings. The highest BCUT2D eigenvalue weighted by Crippen LogP contribution is 2.39. The van der Waals surface area contributed by atoms with E-state index in [1.165, 1.54) is 36.3 Å². The summed E-state index contributed by atoms with van der Waals surface area (Å²) in [5.74, 6) is -1.64. The first-order valence-corrected chi connectivity index (χ1v) is 8.43. The number of rotatable bonds is 7. The van der Waals surface area contributed by atoms with Gasteiger partial charge < -0.3 is 19.2 Å². The van der Waals surface area contributed by atoms with Crippen molar-refractivity contribution in [1.29, 1.82) is 0 Å². The van der Waals surface area contributed by atoms with E-state index in [2.05, 4.69) is 0 Å². The standard InChI is InChI=1S/C19H18N2O7/c1-11-6-7-14(28-11)17(22)15-16(12-4-3-5-13(10-12)21(25)26)20(8-9-27-2)19(24)18(15)23/h3-7,10,16,23H,8-9H2,1-2H3. The van der Waals surface area contributed by atoms with Gasteiger partial charge in [0.05, 0.1) is 23.1 Å². The highest BCUT2D eigenvalue weighted by atomic mass is 16.6. The molecular weight excluding hydrogens is 368 g/mol. The van der Waals surface area contributed by atoms with Crippen LogP contribution in [0.2, 0.25) is 0 Å². The number of aryl methyl sites for hydroxylation is 1. The summed E-state index contributed by atoms with van der Waals surface area (Å²) < 4.78 is 10.4. The first kappa shape index (κ1) is 19.3. The Morgan fingerprint density at radius 1 is 1.36 bits per heavy atom. The number of aliphatic hydroxyl groups excluding tert-OH is 1. The summed E-state index contributed by atoms with van der Waals surface area (Å²) in [5, 5.41) is 21.6. The monoisotopic (exact) mass is 386 g/mol. The molecule has 28 heavy (non-hydrogen) atoms. The number of furan rings is 1. The number of nitro groups is 1. The Kier molecular flexibility index (Phi) is 5.27. The lowest BCUT2D eigenvalue weighted by Gasteiger charge is -2.26. The smallest absolute Gasteiger partial charge is 0.290 e. The fourth-order valence-electron chi connectivity index (χ4n) is 3.15. The molecule has 0 fully saturated rings. The number of non-ortho nitro benzene ring substituents is 1. The van der Waals surface area contributed by atoms with E-state index in [1.807, 2.05) is 0 Å². The molecule has 146 valence electrons. The van der Waals surface area contributed by atoms with Crippen LogP contribution in [0.25, 0.3) is 0 Å². The SMILES string of the molecule is COCCN1C(=O)C(O)=C(C(=O)c2ccc(C)o2)C1c1cccc([N+](=O)[O-])c1. The molecule has 0 bridgehead atoms. The molecule has 0 saturated heterocycles. The van der Waals surface area contributed by atoms with Gasteiger partial charge in [-0.05, 0) is 24.6 Å². The Labute approximate surface area is 160 Å². The van der Waals surface area contributed by atoms with Crippen molar-refractivity contribution in [2.45, 2.75) is 13.0 Å². The molecule has 1 N–H and O–H groups in total. The number of nitro benzene ring substituents is 1. The first-order valence-electron chi connectivity index (χ1n) is 8.43. The van der Waals surface area contributed by atoms with Crippen molar-refractivity contribution in [3.05, 3.63) is 74.9 Å². The normalized spacial score (nSPS) is 16.7. The van der Waals surface area contributed by atoms with Crippen LogP contribution >= 0.6 is 0 Å². The number of carbonyl (C=O) groups is 2. The zero-order chi connectivity index (χ0) is 20.4. The third-order valence-electron chi connectivity index (χ3n) is 4.45. The van der Waals surface area contributed by atoms with E-state index in [1.54, 1.807) is 19.1 Å². The topological polar surface area (TPSA) is 123 Å². The van der Waals surface area contributed by atoms with Crippen LogP contribution < -0.4 is 0 Å². The van der Waals surface area contributed by atoms with E-state index in [0.29, 0.717) is 11.3 Å². The predicted octanol–water partition coefficient (Wildman–Crippen LogP) is 2.72. The summed E-state index contributed by atoms with van der Waals surface area (Å²) in [6.45, 7) is 1.90. The van der Waals surface area contributed by atoms with E-state index >= 15 is 0 Å². The molecule has 1 aliphatic heterocycles. The van der Waals surface area contributed by atoms with Crippen LogP contribution in [0.3, 0.4) is 0 Å². The summed E-state index contributed by atoms with van der Waals surface area (Å²) in [7, 11) is 1.45. The molecule has 1 amide bonds. The minimum absolute atomic E-state index is 0.0316. The van der Waals surface area contributed by atoms with Gasteiger partial charge in [0, 0.05) is 25.8 Å². The number of carbonyl (C=O) groups excluding carboxylic acids is 2. The Bertz CT molecular complexity index is 976. The van der Waals surface area contributed by atoms with Crippen LogP contribution in [-0.2, 0) is 9.53 Å². The van der Waals surface area contributed by atoms with Crippen molar-refractivity contribution < 1.29 is 28.8 Å². The zero-order valence-electron chi connectivity index (χ0n) is 15.2. The number of ether oxygens (including phenoxy) is 1. The number of amides is 1. The number of methoxy groups -OCH3 is 1. The van der Waals surface area contributed by atoms with Crippen LogP contribution in [0.4, 0.5) is 5.69 Å². The second-order valence-corrected chi connectivity index (χ2v) is 6.25. The van der Waals surface area contributed by atoms with E-state index in [0.717, 1.165) is 0 Å². The van der Waals surface area contributed by atoms with Crippen molar-refractivity contribution >= 4 is 17.4 Å². The van der Waals surface area contributed by atoms with Gasteiger partial charge in [-0.1, -0.05) is 12.1 Å². The van der Waals surface area contributed by atoms with Crippen LogP contribution in [0.1, 0.15) is 27.9 Å². The molecule has 0 radical (unpaired) electrons. The molecule has 9 nitrogen and oxygen atoms in total. The Hall–Kier alpha value is -3.46. The molecule has 1 atom stereocenters. The lowest BCUT2D eigenvalue weighted by Crippen LogP contribution is -2.34. The number of nitrogens with zero attached hydrogens (tertiary/aromatic N) is 2. The second kappa shape index (κ2) is 7.65. The van der Waals surface area contributed by atoms with Gasteiger partial charge in [-0.15, -0.1) is 0 Å². The maximum absolute atomic E-state index is 13.0. The average molecular weight is 386 g/mol. The quantitative estimate of drug-likeness (QED) is 0.441. The number of ketones is 1. The first-order chi connectivity index (χ1) is 13.3. The summed E-state index contributed by atoms with van der Waals surface area (Å²) in [4.78, 5) is 37.4. The lowest BCUT2D eigenvalue weighted by atomic mass is 9.95. The molecule has 0 saturated carbocycles. The van der Waals surface area contributed by atoms with E-state index < -0.39 is 28.4 Å². The van der Waals surface area contributed by atoms with Gasteiger partial charge in [0.1, 0.15) is 5.76 Å². The number of benzene rings is 1. The average Bonchev–Trinajstić information content (AvgIpc) is 3.22. The van der Waals surface area contributed by atoms with Gasteiger partial charge in [0.15, 0.2) is 11.5 Å². The van der Waals surface area contributed by atoms with Crippen molar-refractivity contribution in [2.24, 2.45) is 0 Å². The third-order valence-corrected chi connectivity index (χ3v) is 4.45. The fourth-order valence-corrected chi connectivity index (χ4v) is 3.15. The van der Waals surface area contributed by atoms with Crippen molar-refractivity contribution in [3.63, 3.8) is 0 Å². The van der Waals surface area contributed by atoms with Crippen LogP contribution in [0.5, 0.6) is 0 Å². The van der Waals surface area contributed by atoms with Gasteiger partial charge in [-0.25, -0.2) is 0 Å². The maximum atomic E-state index is 13.0. The lowest BCUT2D eigenvalue weighted by molar-refractivity contribution is -0.384. The molecule has 1 unspecified atom stereocenters. The van der Waals surface area contributed by atoms with Crippen LogP contribution in [-0.4, -0.2) is 46.9 Å². The van der Waals surface area contributed by atoms with Gasteiger partial charge in [0.25, 0.3) is 11.6 Å². The van der Waals surface area contributed by atoms with Crippen LogP contribution in [0, 0.1) is 17.0 Å². The number of Topliss-reactive ketones (excluding diaryl/α,β-unsaturated/α-hetero) is 1. The van der Waals surface area contributed by atoms with Crippen molar-refractivity contribution in [2.75, 3.05) is 20.3 Å². The van der Waals surface area contributed by atoms with E-state index in [4.69, 9.17) is 9.15 Å². The maximum Gasteiger partial charge on any atom is 0.290 e. The van der Waals surface area contributed by atoms with Gasteiger partial charge in [-0.3, -0.25) is 19.7 Å².